The van der Waals surface area contributed by atoms with Crippen LogP contribution < -0.4 is 5.32 Å². The normalized spacial score (nSPS) is 26.3. The van der Waals surface area contributed by atoms with Crippen LogP contribution in [0.2, 0.25) is 0 Å². The second-order valence-corrected chi connectivity index (χ2v) is 3.78. The van der Waals surface area contributed by atoms with E-state index in [1.807, 2.05) is 0 Å². The van der Waals surface area contributed by atoms with Crippen LogP contribution in [0.4, 0.5) is 0 Å². The van der Waals surface area contributed by atoms with Gasteiger partial charge in [-0.25, -0.2) is 0 Å². The summed E-state index contributed by atoms with van der Waals surface area (Å²) in [6.45, 7) is 6.63. The van der Waals surface area contributed by atoms with Crippen LogP contribution in [0.15, 0.2) is 0 Å². The van der Waals surface area contributed by atoms with Gasteiger partial charge in [-0.05, 0) is 24.8 Å². The maximum absolute atomic E-state index is 5.32. The summed E-state index contributed by atoms with van der Waals surface area (Å²) >= 11 is 0. The Hall–Kier alpha value is -0.120. The second-order valence-electron chi connectivity index (χ2n) is 3.78. The van der Waals surface area contributed by atoms with Crippen LogP contribution in [0.5, 0.6) is 0 Å². The van der Waals surface area contributed by atoms with Gasteiger partial charge in [-0.1, -0.05) is 6.92 Å². The second kappa shape index (κ2) is 6.35. The first-order valence-electron chi connectivity index (χ1n) is 5.12. The monoisotopic (exact) mass is 187 g/mol. The molecule has 78 valence electrons. The summed E-state index contributed by atoms with van der Waals surface area (Å²) in [7, 11) is 1.69. The van der Waals surface area contributed by atoms with Gasteiger partial charge in [-0.2, -0.15) is 0 Å². The molecule has 2 unspecified atom stereocenters. The Bertz CT molecular complexity index is 130. The molecule has 0 radical (unpaired) electrons. The van der Waals surface area contributed by atoms with Gasteiger partial charge in [-0.3, -0.25) is 0 Å². The molecule has 0 aromatic rings. The van der Waals surface area contributed by atoms with Gasteiger partial charge < -0.3 is 14.8 Å². The smallest absolute Gasteiger partial charge is 0.0700 e. The van der Waals surface area contributed by atoms with Gasteiger partial charge in [0.25, 0.3) is 0 Å². The molecule has 2 atom stereocenters. The van der Waals surface area contributed by atoms with Crippen molar-refractivity contribution in [2.75, 3.05) is 40.0 Å². The topological polar surface area (TPSA) is 30.5 Å². The number of rotatable bonds is 8. The van der Waals surface area contributed by atoms with Crippen molar-refractivity contribution in [3.8, 4) is 0 Å². The van der Waals surface area contributed by atoms with E-state index < -0.39 is 0 Å². The SMILES string of the molecule is COCCOCCNCC1CC1C. The highest BCUT2D eigenvalue weighted by Crippen LogP contribution is 2.36. The average molecular weight is 187 g/mol. The lowest BCUT2D eigenvalue weighted by Crippen LogP contribution is -2.23. The minimum absolute atomic E-state index is 0.694. The lowest BCUT2D eigenvalue weighted by molar-refractivity contribution is 0.0719. The van der Waals surface area contributed by atoms with E-state index in [0.29, 0.717) is 13.2 Å². The van der Waals surface area contributed by atoms with Crippen molar-refractivity contribution in [3.63, 3.8) is 0 Å². The number of ether oxygens (including phenoxy) is 2. The van der Waals surface area contributed by atoms with E-state index in [1.54, 1.807) is 7.11 Å². The van der Waals surface area contributed by atoms with Gasteiger partial charge in [0.05, 0.1) is 19.8 Å². The highest BCUT2D eigenvalue weighted by atomic mass is 16.5. The predicted molar refractivity (Wildman–Crippen MR) is 52.8 cm³/mol. The Morgan fingerprint density at radius 3 is 2.69 bits per heavy atom. The van der Waals surface area contributed by atoms with Crippen molar-refractivity contribution in [2.45, 2.75) is 13.3 Å². The van der Waals surface area contributed by atoms with Gasteiger partial charge in [0, 0.05) is 13.7 Å². The van der Waals surface area contributed by atoms with E-state index in [1.165, 1.54) is 6.42 Å². The molecule has 0 amide bonds. The molecule has 0 aliphatic heterocycles. The van der Waals surface area contributed by atoms with Crippen molar-refractivity contribution in [1.82, 2.24) is 5.32 Å². The van der Waals surface area contributed by atoms with Crippen molar-refractivity contribution < 1.29 is 9.47 Å². The first-order valence-corrected chi connectivity index (χ1v) is 5.12. The quantitative estimate of drug-likeness (QED) is 0.573. The molecule has 1 saturated carbocycles. The van der Waals surface area contributed by atoms with Crippen LogP contribution in [0.25, 0.3) is 0 Å². The van der Waals surface area contributed by atoms with Gasteiger partial charge in [-0.15, -0.1) is 0 Å². The number of hydrogen-bond acceptors (Lipinski definition) is 3. The van der Waals surface area contributed by atoms with Crippen LogP contribution in [0, 0.1) is 11.8 Å². The standard InChI is InChI=1S/C10H21NO2/c1-9-7-10(9)8-11-3-4-13-6-5-12-2/h9-11H,3-8H2,1-2H3. The lowest BCUT2D eigenvalue weighted by atomic mass is 10.3. The summed E-state index contributed by atoms with van der Waals surface area (Å²) in [6.07, 6.45) is 1.40. The molecule has 1 aliphatic carbocycles. The summed E-state index contributed by atoms with van der Waals surface area (Å²) in [4.78, 5) is 0. The first-order chi connectivity index (χ1) is 6.34. The maximum atomic E-state index is 5.32. The molecule has 0 spiro atoms. The third kappa shape index (κ3) is 5.24. The van der Waals surface area contributed by atoms with Crippen molar-refractivity contribution >= 4 is 0 Å². The first kappa shape index (κ1) is 11.0. The molecular weight excluding hydrogens is 166 g/mol. The number of methoxy groups -OCH3 is 1. The van der Waals surface area contributed by atoms with E-state index in [4.69, 9.17) is 9.47 Å². The fourth-order valence-electron chi connectivity index (χ4n) is 1.36. The average Bonchev–Trinajstić information content (AvgIpc) is 2.81. The van der Waals surface area contributed by atoms with Crippen LogP contribution in [0.1, 0.15) is 13.3 Å². The van der Waals surface area contributed by atoms with E-state index in [9.17, 15) is 0 Å². The maximum Gasteiger partial charge on any atom is 0.0700 e. The molecule has 0 aromatic heterocycles. The fourth-order valence-corrected chi connectivity index (χ4v) is 1.36. The van der Waals surface area contributed by atoms with Crippen LogP contribution in [-0.4, -0.2) is 40.0 Å². The van der Waals surface area contributed by atoms with E-state index in [-0.39, 0.29) is 0 Å². The molecular formula is C10H21NO2. The van der Waals surface area contributed by atoms with Gasteiger partial charge in [0.1, 0.15) is 0 Å². The lowest BCUT2D eigenvalue weighted by Gasteiger charge is -2.04. The number of hydrogen-bond donors (Lipinski definition) is 1. The Labute approximate surface area is 80.8 Å². The minimum Gasteiger partial charge on any atom is -0.382 e. The highest BCUT2D eigenvalue weighted by Gasteiger charge is 2.31. The molecule has 0 saturated heterocycles. The molecule has 1 aliphatic rings. The summed E-state index contributed by atoms with van der Waals surface area (Å²) in [5.74, 6) is 1.88. The van der Waals surface area contributed by atoms with E-state index in [0.717, 1.165) is 31.5 Å². The summed E-state index contributed by atoms with van der Waals surface area (Å²) in [6, 6.07) is 0. The Morgan fingerprint density at radius 1 is 1.31 bits per heavy atom. The Morgan fingerprint density at radius 2 is 2.08 bits per heavy atom. The zero-order chi connectivity index (χ0) is 9.52. The minimum atomic E-state index is 0.694. The molecule has 0 aromatic carbocycles. The van der Waals surface area contributed by atoms with Crippen molar-refractivity contribution in [3.05, 3.63) is 0 Å². The zero-order valence-corrected chi connectivity index (χ0v) is 8.71. The summed E-state index contributed by atoms with van der Waals surface area (Å²) in [5.41, 5.74) is 0. The van der Waals surface area contributed by atoms with Gasteiger partial charge in [0.15, 0.2) is 0 Å². The fraction of sp³-hybridized carbons (Fsp3) is 1.00. The molecule has 13 heavy (non-hydrogen) atoms. The summed E-state index contributed by atoms with van der Waals surface area (Å²) < 4.78 is 10.2. The van der Waals surface area contributed by atoms with Crippen LogP contribution in [0.3, 0.4) is 0 Å². The summed E-state index contributed by atoms with van der Waals surface area (Å²) in [5, 5.41) is 3.39. The van der Waals surface area contributed by atoms with Gasteiger partial charge >= 0.3 is 0 Å². The van der Waals surface area contributed by atoms with Crippen molar-refractivity contribution in [1.29, 1.82) is 0 Å². The number of nitrogens with one attached hydrogen (secondary N) is 1. The highest BCUT2D eigenvalue weighted by molar-refractivity contribution is 4.83. The Kier molecular flexibility index (Phi) is 5.35. The molecule has 1 fully saturated rings. The molecule has 0 heterocycles. The molecule has 0 bridgehead atoms. The van der Waals surface area contributed by atoms with Crippen molar-refractivity contribution in [2.24, 2.45) is 11.8 Å². The Balaban J connectivity index is 1.69. The van der Waals surface area contributed by atoms with E-state index >= 15 is 0 Å². The largest absolute Gasteiger partial charge is 0.382 e. The molecule has 1 rings (SSSR count). The van der Waals surface area contributed by atoms with E-state index in [2.05, 4.69) is 12.2 Å². The third-order valence-corrected chi connectivity index (χ3v) is 2.54. The zero-order valence-electron chi connectivity index (χ0n) is 8.71. The molecule has 1 N–H and O–H groups in total. The van der Waals surface area contributed by atoms with Crippen LogP contribution in [-0.2, 0) is 9.47 Å². The molecule has 3 nitrogen and oxygen atoms in total. The molecule has 3 heteroatoms. The van der Waals surface area contributed by atoms with Crippen LogP contribution >= 0.6 is 0 Å². The third-order valence-electron chi connectivity index (χ3n) is 2.54. The predicted octanol–water partition coefficient (Wildman–Crippen LogP) is 0.895. The van der Waals surface area contributed by atoms with Gasteiger partial charge in [0.2, 0.25) is 0 Å².